The lowest BCUT2D eigenvalue weighted by Crippen LogP contribution is -2.51. The number of halogens is 3. The van der Waals surface area contributed by atoms with Gasteiger partial charge in [0.05, 0.1) is 17.4 Å². The van der Waals surface area contributed by atoms with E-state index < -0.39 is 17.8 Å². The van der Waals surface area contributed by atoms with Crippen LogP contribution in [-0.2, 0) is 13.1 Å². The molecule has 6 rings (SSSR count). The smallest absolute Gasteiger partial charge is 0.193 e. The molecule has 3 aromatic heterocycles. The van der Waals surface area contributed by atoms with E-state index >= 15 is 4.39 Å². The molecule has 39 heavy (non-hydrogen) atoms. The number of benzene rings is 1. The molecule has 0 N–H and O–H groups in total. The summed E-state index contributed by atoms with van der Waals surface area (Å²) in [5.41, 5.74) is 3.30. The number of aromatic nitrogens is 3. The van der Waals surface area contributed by atoms with Gasteiger partial charge in [-0.05, 0) is 62.1 Å². The van der Waals surface area contributed by atoms with Crippen molar-refractivity contribution in [2.24, 2.45) is 0 Å². The number of hydrogen-bond donors (Lipinski definition) is 0. The molecule has 2 atom stereocenters. The van der Waals surface area contributed by atoms with Gasteiger partial charge in [0.2, 0.25) is 0 Å². The van der Waals surface area contributed by atoms with Gasteiger partial charge in [0.15, 0.2) is 17.1 Å². The van der Waals surface area contributed by atoms with Crippen LogP contribution in [-0.4, -0.2) is 44.7 Å². The van der Waals surface area contributed by atoms with Gasteiger partial charge >= 0.3 is 0 Å². The van der Waals surface area contributed by atoms with Crippen molar-refractivity contribution in [3.63, 3.8) is 0 Å². The fraction of sp³-hybridized carbons (Fsp3) is 0.367. The van der Waals surface area contributed by atoms with Crippen LogP contribution in [0.2, 0.25) is 0 Å². The van der Waals surface area contributed by atoms with E-state index in [9.17, 15) is 13.6 Å². The van der Waals surface area contributed by atoms with Gasteiger partial charge in [-0.15, -0.1) is 0 Å². The first-order valence-electron chi connectivity index (χ1n) is 13.3. The number of rotatable bonds is 7. The molecular formula is C30H30F3N5O. The molecule has 4 aromatic rings. The molecule has 0 spiro atoms. The SMILES string of the molecule is Cc1cc(CN(Cc2cn(C3CC3)c3cc(F)c(F)cc3c2=O)[C@H]2C[C@H](F)CN(c3cccnc3)C2)ccn1. The lowest BCUT2D eigenvalue weighted by molar-refractivity contribution is 0.121. The maximum Gasteiger partial charge on any atom is 0.193 e. The maximum atomic E-state index is 15.2. The van der Waals surface area contributed by atoms with Gasteiger partial charge in [0.25, 0.3) is 0 Å². The Morgan fingerprint density at radius 2 is 1.87 bits per heavy atom. The van der Waals surface area contributed by atoms with Gasteiger partial charge in [-0.2, -0.15) is 0 Å². The van der Waals surface area contributed by atoms with Crippen molar-refractivity contribution in [2.45, 2.75) is 57.5 Å². The largest absolute Gasteiger partial charge is 0.366 e. The van der Waals surface area contributed by atoms with Crippen molar-refractivity contribution < 1.29 is 13.2 Å². The van der Waals surface area contributed by atoms with Gasteiger partial charge in [-0.25, -0.2) is 13.2 Å². The number of pyridine rings is 3. The summed E-state index contributed by atoms with van der Waals surface area (Å²) in [5, 5.41) is 0.169. The monoisotopic (exact) mass is 533 g/mol. The molecule has 0 bridgehead atoms. The molecule has 0 radical (unpaired) electrons. The number of anilines is 1. The van der Waals surface area contributed by atoms with E-state index in [1.807, 2.05) is 40.7 Å². The number of hydrogen-bond acceptors (Lipinski definition) is 5. The van der Waals surface area contributed by atoms with Crippen LogP contribution in [0.25, 0.3) is 10.9 Å². The van der Waals surface area contributed by atoms with Gasteiger partial charge in [-0.3, -0.25) is 19.7 Å². The fourth-order valence-corrected chi connectivity index (χ4v) is 5.67. The van der Waals surface area contributed by atoms with Gasteiger partial charge < -0.3 is 9.47 Å². The van der Waals surface area contributed by atoms with E-state index in [0.29, 0.717) is 30.6 Å². The first-order valence-corrected chi connectivity index (χ1v) is 13.3. The lowest BCUT2D eigenvalue weighted by Gasteiger charge is -2.41. The molecule has 1 saturated heterocycles. The van der Waals surface area contributed by atoms with Crippen LogP contribution in [0.4, 0.5) is 18.9 Å². The minimum atomic E-state index is -1.05. The van der Waals surface area contributed by atoms with E-state index in [4.69, 9.17) is 0 Å². The zero-order valence-corrected chi connectivity index (χ0v) is 21.7. The summed E-state index contributed by atoms with van der Waals surface area (Å²) in [6.07, 6.45) is 8.07. The molecule has 1 aliphatic heterocycles. The Labute approximate surface area is 224 Å². The summed E-state index contributed by atoms with van der Waals surface area (Å²) < 4.78 is 45.5. The number of fused-ring (bicyclic) bond motifs is 1. The summed E-state index contributed by atoms with van der Waals surface area (Å²) >= 11 is 0. The Morgan fingerprint density at radius 3 is 2.62 bits per heavy atom. The van der Waals surface area contributed by atoms with Crippen LogP contribution < -0.4 is 10.3 Å². The molecule has 2 fully saturated rings. The molecule has 9 heteroatoms. The summed E-state index contributed by atoms with van der Waals surface area (Å²) in [5.74, 6) is -2.01. The van der Waals surface area contributed by atoms with Crippen molar-refractivity contribution in [1.29, 1.82) is 0 Å². The van der Waals surface area contributed by atoms with E-state index in [1.54, 1.807) is 24.8 Å². The fourth-order valence-electron chi connectivity index (χ4n) is 5.67. The van der Waals surface area contributed by atoms with E-state index in [-0.39, 0.29) is 36.0 Å². The third-order valence-corrected chi connectivity index (χ3v) is 7.71. The second-order valence-corrected chi connectivity index (χ2v) is 10.7. The zero-order chi connectivity index (χ0) is 27.1. The number of alkyl halides is 1. The lowest BCUT2D eigenvalue weighted by atomic mass is 10.00. The minimum Gasteiger partial charge on any atom is -0.366 e. The average molecular weight is 534 g/mol. The molecule has 1 saturated carbocycles. The van der Waals surface area contributed by atoms with Crippen LogP contribution in [0.3, 0.4) is 0 Å². The molecular weight excluding hydrogens is 503 g/mol. The van der Waals surface area contributed by atoms with Crippen molar-refractivity contribution in [2.75, 3.05) is 18.0 Å². The first-order chi connectivity index (χ1) is 18.9. The zero-order valence-electron chi connectivity index (χ0n) is 21.7. The molecule has 202 valence electrons. The van der Waals surface area contributed by atoms with Crippen LogP contribution in [0.1, 0.15) is 42.1 Å². The molecule has 4 heterocycles. The highest BCUT2D eigenvalue weighted by Crippen LogP contribution is 2.37. The van der Waals surface area contributed by atoms with E-state index in [2.05, 4.69) is 14.9 Å². The third kappa shape index (κ3) is 5.41. The predicted molar refractivity (Wildman–Crippen MR) is 144 cm³/mol. The van der Waals surface area contributed by atoms with Crippen LogP contribution in [0.15, 0.2) is 66.0 Å². The number of nitrogens with zero attached hydrogens (tertiary/aromatic N) is 5. The standard InChI is InChI=1S/C30H30F3N5O/c1-19-9-20(6-8-35-19)14-36(25-10-22(31)17-37(18-25)24-3-2-7-34-13-24)15-21-16-38(23-4-5-23)29-12-28(33)27(32)11-26(29)30(21)39/h2-3,6-9,11-13,16,22-23,25H,4-5,10,14-15,17-18H2,1H3/t22-,25-/m0/s1. The predicted octanol–water partition coefficient (Wildman–Crippen LogP) is 5.33. The average Bonchev–Trinajstić information content (AvgIpc) is 3.77. The van der Waals surface area contributed by atoms with Gasteiger partial charge in [0.1, 0.15) is 6.17 Å². The summed E-state index contributed by atoms with van der Waals surface area (Å²) in [4.78, 5) is 26.3. The van der Waals surface area contributed by atoms with E-state index in [0.717, 1.165) is 41.9 Å². The molecule has 0 unspecified atom stereocenters. The summed E-state index contributed by atoms with van der Waals surface area (Å²) in [6.45, 7) is 3.50. The Balaban J connectivity index is 1.40. The Bertz CT molecular complexity index is 1560. The Kier molecular flexibility index (Phi) is 6.85. The second kappa shape index (κ2) is 10.4. The molecule has 0 amide bonds. The van der Waals surface area contributed by atoms with Crippen molar-refractivity contribution in [3.05, 3.63) is 99.9 Å². The van der Waals surface area contributed by atoms with Crippen LogP contribution in [0, 0.1) is 18.6 Å². The Morgan fingerprint density at radius 1 is 1.05 bits per heavy atom. The quantitative estimate of drug-likeness (QED) is 0.321. The maximum absolute atomic E-state index is 15.2. The number of piperidine rings is 1. The van der Waals surface area contributed by atoms with Crippen LogP contribution >= 0.6 is 0 Å². The summed E-state index contributed by atoms with van der Waals surface area (Å²) in [6, 6.07) is 9.75. The molecule has 6 nitrogen and oxygen atoms in total. The Hall–Kier alpha value is -3.72. The van der Waals surface area contributed by atoms with Crippen molar-refractivity contribution in [1.82, 2.24) is 19.4 Å². The van der Waals surface area contributed by atoms with Gasteiger partial charge in [-0.1, -0.05) is 0 Å². The van der Waals surface area contributed by atoms with Gasteiger partial charge in [0, 0.05) is 79.6 Å². The molecule has 2 aliphatic rings. The molecule has 1 aliphatic carbocycles. The third-order valence-electron chi connectivity index (χ3n) is 7.71. The minimum absolute atomic E-state index is 0.152. The van der Waals surface area contributed by atoms with Crippen molar-refractivity contribution >= 4 is 16.6 Å². The summed E-state index contributed by atoms with van der Waals surface area (Å²) in [7, 11) is 0. The normalized spacial score (nSPS) is 19.7. The topological polar surface area (TPSA) is 54.3 Å². The highest BCUT2D eigenvalue weighted by atomic mass is 19.2. The molecule has 1 aromatic carbocycles. The van der Waals surface area contributed by atoms with Crippen molar-refractivity contribution in [3.8, 4) is 0 Å². The second-order valence-electron chi connectivity index (χ2n) is 10.7. The highest BCUT2D eigenvalue weighted by Gasteiger charge is 2.33. The van der Waals surface area contributed by atoms with Crippen LogP contribution in [0.5, 0.6) is 0 Å². The first kappa shape index (κ1) is 25.6. The van der Waals surface area contributed by atoms with E-state index in [1.165, 1.54) is 0 Å². The number of aryl methyl sites for hydroxylation is 1. The highest BCUT2D eigenvalue weighted by molar-refractivity contribution is 5.80.